The van der Waals surface area contributed by atoms with Crippen molar-refractivity contribution in [3.8, 4) is 0 Å². The van der Waals surface area contributed by atoms with Gasteiger partial charge in [-0.15, -0.1) is 0 Å². The summed E-state index contributed by atoms with van der Waals surface area (Å²) in [6.07, 6.45) is 1.03. The lowest BCUT2D eigenvalue weighted by molar-refractivity contribution is -0.121. The fourth-order valence-electron chi connectivity index (χ4n) is 2.76. The Morgan fingerprint density at radius 2 is 1.69 bits per heavy atom. The number of sulfonamides is 1. The van der Waals surface area contributed by atoms with Crippen LogP contribution in [0, 0.1) is 11.6 Å². The first-order valence-electron chi connectivity index (χ1n) is 9.33. The van der Waals surface area contributed by atoms with Crippen LogP contribution in [-0.2, 0) is 21.4 Å². The molecule has 32 heavy (non-hydrogen) atoms. The predicted octanol–water partition coefficient (Wildman–Crippen LogP) is 3.96. The highest BCUT2D eigenvalue weighted by molar-refractivity contribution is 7.89. The van der Waals surface area contributed by atoms with E-state index in [9.17, 15) is 22.0 Å². The van der Waals surface area contributed by atoms with Gasteiger partial charge in [0.1, 0.15) is 11.6 Å². The van der Waals surface area contributed by atoms with Gasteiger partial charge in [0.15, 0.2) is 0 Å². The molecule has 0 bridgehead atoms. The van der Waals surface area contributed by atoms with Crippen LogP contribution >= 0.6 is 11.6 Å². The Hall–Kier alpha value is -3.14. The molecule has 10 heteroatoms. The van der Waals surface area contributed by atoms with E-state index in [2.05, 4.69) is 10.5 Å². The molecule has 0 radical (unpaired) electrons. The van der Waals surface area contributed by atoms with E-state index in [1.54, 1.807) is 18.2 Å². The molecule has 0 aliphatic rings. The molecule has 0 saturated heterocycles. The summed E-state index contributed by atoms with van der Waals surface area (Å²) in [5.41, 5.74) is 2.64. The molecule has 0 heterocycles. The average Bonchev–Trinajstić information content (AvgIpc) is 2.77. The van der Waals surface area contributed by atoms with Gasteiger partial charge in [0.05, 0.1) is 22.7 Å². The number of hydrogen-bond acceptors (Lipinski definition) is 4. The smallest absolute Gasteiger partial charge is 0.255 e. The quantitative estimate of drug-likeness (QED) is 0.394. The highest BCUT2D eigenvalue weighted by Crippen LogP contribution is 2.19. The highest BCUT2D eigenvalue weighted by atomic mass is 35.5. The first-order valence-corrected chi connectivity index (χ1v) is 11.1. The largest absolute Gasteiger partial charge is 0.272 e. The van der Waals surface area contributed by atoms with Crippen LogP contribution in [0.2, 0.25) is 5.02 Å². The number of hydrazone groups is 1. The van der Waals surface area contributed by atoms with Gasteiger partial charge in [-0.1, -0.05) is 48.0 Å². The Morgan fingerprint density at radius 3 is 2.34 bits per heavy atom. The molecule has 0 aliphatic carbocycles. The molecule has 1 N–H and O–H groups in total. The minimum Gasteiger partial charge on any atom is -0.272 e. The molecular formula is C22H18ClF2N3O3S. The van der Waals surface area contributed by atoms with Crippen molar-refractivity contribution in [3.05, 3.63) is 101 Å². The Morgan fingerprint density at radius 1 is 1.00 bits per heavy atom. The summed E-state index contributed by atoms with van der Waals surface area (Å²) in [4.78, 5) is 12.4. The topological polar surface area (TPSA) is 78.8 Å². The molecule has 0 fully saturated rings. The number of nitrogens with zero attached hydrogens (tertiary/aromatic N) is 2. The van der Waals surface area contributed by atoms with E-state index in [1.807, 2.05) is 0 Å². The Kier molecular flexibility index (Phi) is 7.68. The number of halogens is 3. The van der Waals surface area contributed by atoms with Crippen molar-refractivity contribution in [1.82, 2.24) is 9.73 Å². The number of hydrogen-bond donors (Lipinski definition) is 1. The van der Waals surface area contributed by atoms with Gasteiger partial charge in [-0.2, -0.15) is 9.41 Å². The Labute approximate surface area is 189 Å². The number of benzene rings is 3. The third kappa shape index (κ3) is 5.97. The standard InChI is InChI=1S/C22H18ClF2N3O3S/c23-20-7-4-8-21(25)19(20)13-26-27-22(29)15-28(14-16-9-11-17(24)12-10-16)32(30,31)18-5-2-1-3-6-18/h1-13H,14-15H2,(H,27,29)/b26-13-. The van der Waals surface area contributed by atoms with Crippen molar-refractivity contribution in [3.63, 3.8) is 0 Å². The first-order chi connectivity index (χ1) is 15.3. The number of carbonyl (C=O) groups excluding carboxylic acids is 1. The first kappa shape index (κ1) is 23.5. The van der Waals surface area contributed by atoms with E-state index in [1.165, 1.54) is 54.6 Å². The molecule has 0 atom stereocenters. The molecule has 166 valence electrons. The van der Waals surface area contributed by atoms with Gasteiger partial charge in [0.25, 0.3) is 5.91 Å². The highest BCUT2D eigenvalue weighted by Gasteiger charge is 2.26. The van der Waals surface area contributed by atoms with E-state index in [-0.39, 0.29) is 22.0 Å². The SMILES string of the molecule is O=C(CN(Cc1ccc(F)cc1)S(=O)(=O)c1ccccc1)N/N=C\c1c(F)cccc1Cl. The van der Waals surface area contributed by atoms with Crippen LogP contribution in [0.5, 0.6) is 0 Å². The Bertz CT molecular complexity index is 1200. The van der Waals surface area contributed by atoms with Crippen molar-refractivity contribution < 1.29 is 22.0 Å². The van der Waals surface area contributed by atoms with Crippen LogP contribution in [-0.4, -0.2) is 31.4 Å². The average molecular weight is 478 g/mol. The third-order valence-corrected chi connectivity index (χ3v) is 6.49. The lowest BCUT2D eigenvalue weighted by Crippen LogP contribution is -2.39. The normalized spacial score (nSPS) is 11.8. The van der Waals surface area contributed by atoms with Gasteiger partial charge in [-0.3, -0.25) is 4.79 Å². The van der Waals surface area contributed by atoms with E-state index in [0.717, 1.165) is 10.5 Å². The van der Waals surface area contributed by atoms with Gasteiger partial charge in [-0.25, -0.2) is 22.6 Å². The molecule has 0 aromatic heterocycles. The van der Waals surface area contributed by atoms with Crippen LogP contribution in [0.15, 0.2) is 82.8 Å². The molecule has 0 saturated carbocycles. The van der Waals surface area contributed by atoms with E-state index < -0.39 is 34.1 Å². The molecule has 3 rings (SSSR count). The fraction of sp³-hybridized carbons (Fsp3) is 0.0909. The molecule has 0 unspecified atom stereocenters. The predicted molar refractivity (Wildman–Crippen MR) is 118 cm³/mol. The number of nitrogens with one attached hydrogen (secondary N) is 1. The van der Waals surface area contributed by atoms with Crippen molar-refractivity contribution in [2.75, 3.05) is 6.54 Å². The summed E-state index contributed by atoms with van der Waals surface area (Å²) in [6, 6.07) is 16.9. The van der Waals surface area contributed by atoms with Crippen LogP contribution < -0.4 is 5.43 Å². The summed E-state index contributed by atoms with van der Waals surface area (Å²) in [5, 5.41) is 3.77. The van der Waals surface area contributed by atoms with Gasteiger partial charge >= 0.3 is 0 Å². The van der Waals surface area contributed by atoms with Gasteiger partial charge in [-0.05, 0) is 42.0 Å². The molecule has 0 aliphatic heterocycles. The van der Waals surface area contributed by atoms with Crippen LogP contribution in [0.25, 0.3) is 0 Å². The zero-order chi connectivity index (χ0) is 23.1. The molecule has 6 nitrogen and oxygen atoms in total. The maximum Gasteiger partial charge on any atom is 0.255 e. The minimum atomic E-state index is -4.05. The second-order valence-electron chi connectivity index (χ2n) is 6.64. The molecular weight excluding hydrogens is 460 g/mol. The van der Waals surface area contributed by atoms with E-state index in [0.29, 0.717) is 5.56 Å². The summed E-state index contributed by atoms with van der Waals surface area (Å²) < 4.78 is 54.1. The lowest BCUT2D eigenvalue weighted by Gasteiger charge is -2.21. The van der Waals surface area contributed by atoms with Crippen molar-refractivity contribution >= 4 is 33.7 Å². The van der Waals surface area contributed by atoms with Crippen LogP contribution in [0.4, 0.5) is 8.78 Å². The number of carbonyl (C=O) groups is 1. The monoisotopic (exact) mass is 477 g/mol. The summed E-state index contributed by atoms with van der Waals surface area (Å²) >= 11 is 5.90. The molecule has 3 aromatic rings. The minimum absolute atomic E-state index is 0.00319. The maximum atomic E-state index is 13.8. The Balaban J connectivity index is 1.79. The van der Waals surface area contributed by atoms with Gasteiger partial charge in [0, 0.05) is 12.1 Å². The maximum absolute atomic E-state index is 13.8. The fourth-order valence-corrected chi connectivity index (χ4v) is 4.38. The summed E-state index contributed by atoms with van der Waals surface area (Å²) in [7, 11) is -4.05. The second kappa shape index (κ2) is 10.4. The van der Waals surface area contributed by atoms with Crippen LogP contribution in [0.1, 0.15) is 11.1 Å². The summed E-state index contributed by atoms with van der Waals surface area (Å²) in [5.74, 6) is -1.85. The molecule has 0 spiro atoms. The third-order valence-electron chi connectivity index (χ3n) is 4.36. The molecule has 1 amide bonds. The zero-order valence-electron chi connectivity index (χ0n) is 16.6. The number of amides is 1. The van der Waals surface area contributed by atoms with Gasteiger partial charge in [0.2, 0.25) is 10.0 Å². The second-order valence-corrected chi connectivity index (χ2v) is 8.99. The van der Waals surface area contributed by atoms with E-state index >= 15 is 0 Å². The lowest BCUT2D eigenvalue weighted by atomic mass is 10.2. The number of rotatable bonds is 8. The van der Waals surface area contributed by atoms with Gasteiger partial charge < -0.3 is 0 Å². The van der Waals surface area contributed by atoms with Crippen molar-refractivity contribution in [2.45, 2.75) is 11.4 Å². The van der Waals surface area contributed by atoms with E-state index in [4.69, 9.17) is 11.6 Å². The van der Waals surface area contributed by atoms with Crippen molar-refractivity contribution in [1.29, 1.82) is 0 Å². The summed E-state index contributed by atoms with van der Waals surface area (Å²) in [6.45, 7) is -0.745. The zero-order valence-corrected chi connectivity index (χ0v) is 18.2. The van der Waals surface area contributed by atoms with Crippen molar-refractivity contribution in [2.24, 2.45) is 5.10 Å². The van der Waals surface area contributed by atoms with Crippen LogP contribution in [0.3, 0.4) is 0 Å². The molecule has 3 aromatic carbocycles.